The Bertz CT molecular complexity index is 269. The first kappa shape index (κ1) is 12.6. The van der Waals surface area contributed by atoms with Crippen molar-refractivity contribution in [2.24, 2.45) is 0 Å². The smallest absolute Gasteiger partial charge is 0.0823 e. The summed E-state index contributed by atoms with van der Waals surface area (Å²) in [6.07, 6.45) is 0.445. The van der Waals surface area contributed by atoms with Gasteiger partial charge in [-0.25, -0.2) is 0 Å². The van der Waals surface area contributed by atoms with Gasteiger partial charge in [0.2, 0.25) is 0 Å². The summed E-state index contributed by atoms with van der Waals surface area (Å²) in [5.74, 6) is 0. The maximum atomic E-state index is 9.83. The number of hydrogen-bond acceptors (Lipinski definition) is 3. The Morgan fingerprint density at radius 3 is 2.53 bits per heavy atom. The van der Waals surface area contributed by atoms with Gasteiger partial charge < -0.3 is 10.4 Å². The summed E-state index contributed by atoms with van der Waals surface area (Å²) in [5.41, 5.74) is 1.23. The molecule has 84 valence electrons. The molecule has 0 aliphatic carbocycles. The fourth-order valence-corrected chi connectivity index (χ4v) is 1.87. The third-order valence-corrected chi connectivity index (χ3v) is 2.82. The van der Waals surface area contributed by atoms with Gasteiger partial charge in [0.05, 0.1) is 6.10 Å². The Kier molecular flexibility index (Phi) is 5.81. The molecule has 15 heavy (non-hydrogen) atoms. The predicted molar refractivity (Wildman–Crippen MR) is 66.7 cm³/mol. The molecule has 0 spiro atoms. The molecule has 0 saturated heterocycles. The van der Waals surface area contributed by atoms with E-state index in [9.17, 15) is 5.11 Å². The molecule has 1 aromatic rings. The second-order valence-electron chi connectivity index (χ2n) is 3.59. The fourth-order valence-electron chi connectivity index (χ4n) is 1.53. The molecule has 0 aliphatic heterocycles. The van der Waals surface area contributed by atoms with E-state index in [0.717, 1.165) is 6.42 Å². The van der Waals surface area contributed by atoms with Crippen molar-refractivity contribution in [2.45, 2.75) is 18.6 Å². The van der Waals surface area contributed by atoms with E-state index in [-0.39, 0.29) is 12.1 Å². The molecule has 0 bridgehead atoms. The van der Waals surface area contributed by atoms with Crippen LogP contribution >= 0.6 is 9.39 Å². The zero-order valence-corrected chi connectivity index (χ0v) is 10.1. The van der Waals surface area contributed by atoms with Crippen molar-refractivity contribution in [3.8, 4) is 0 Å². The second kappa shape index (κ2) is 6.91. The number of hydrogen-bond donors (Lipinski definition) is 3. The molecular formula is C11H19N2OP. The fraction of sp³-hybridized carbons (Fsp3) is 0.455. The highest BCUT2D eigenvalue weighted by Gasteiger charge is 2.16. The van der Waals surface area contributed by atoms with Crippen LogP contribution in [0.2, 0.25) is 0 Å². The van der Waals surface area contributed by atoms with E-state index < -0.39 is 0 Å². The molecule has 0 heterocycles. The molecule has 0 saturated carbocycles. The summed E-state index contributed by atoms with van der Waals surface area (Å²) < 4.78 is 0. The zero-order valence-electron chi connectivity index (χ0n) is 8.98. The van der Waals surface area contributed by atoms with Crippen LogP contribution in [0.1, 0.15) is 5.56 Å². The van der Waals surface area contributed by atoms with Gasteiger partial charge in [0.25, 0.3) is 0 Å². The highest BCUT2D eigenvalue weighted by molar-refractivity contribution is 7.13. The van der Waals surface area contributed by atoms with Gasteiger partial charge in [-0.05, 0) is 19.0 Å². The number of aliphatic hydroxyl groups excluding tert-OH is 1. The van der Waals surface area contributed by atoms with Gasteiger partial charge in [-0.1, -0.05) is 39.7 Å². The molecule has 0 fully saturated rings. The Balaban J connectivity index is 2.53. The van der Waals surface area contributed by atoms with Crippen LogP contribution in [0, 0.1) is 0 Å². The molecule has 0 radical (unpaired) electrons. The minimum absolute atomic E-state index is 0.0600. The van der Waals surface area contributed by atoms with Crippen LogP contribution < -0.4 is 10.4 Å². The van der Waals surface area contributed by atoms with E-state index in [4.69, 9.17) is 0 Å². The highest BCUT2D eigenvalue weighted by atomic mass is 31.0. The van der Waals surface area contributed by atoms with Gasteiger partial charge >= 0.3 is 0 Å². The van der Waals surface area contributed by atoms with Crippen LogP contribution in [-0.2, 0) is 6.42 Å². The van der Waals surface area contributed by atoms with Crippen molar-refractivity contribution in [3.63, 3.8) is 0 Å². The van der Waals surface area contributed by atoms with Crippen LogP contribution in [-0.4, -0.2) is 30.8 Å². The quantitative estimate of drug-likeness (QED) is 0.621. The number of likely N-dealkylation sites (N-methyl/N-ethyl adjacent to an activating group) is 1. The average Bonchev–Trinajstić information content (AvgIpc) is 2.27. The van der Waals surface area contributed by atoms with Gasteiger partial charge in [0, 0.05) is 12.6 Å². The van der Waals surface area contributed by atoms with Gasteiger partial charge in [-0.15, -0.1) is 0 Å². The molecule has 1 aromatic carbocycles. The molecule has 0 aliphatic rings. The lowest BCUT2D eigenvalue weighted by Gasteiger charge is -2.22. The van der Waals surface area contributed by atoms with Crippen molar-refractivity contribution in [3.05, 3.63) is 35.9 Å². The number of aliphatic hydroxyl groups is 1. The Morgan fingerprint density at radius 1 is 1.33 bits per heavy atom. The highest BCUT2D eigenvalue weighted by Crippen LogP contribution is 2.07. The van der Waals surface area contributed by atoms with Crippen molar-refractivity contribution in [1.29, 1.82) is 0 Å². The van der Waals surface area contributed by atoms with Gasteiger partial charge in [0.15, 0.2) is 0 Å². The third kappa shape index (κ3) is 4.27. The van der Waals surface area contributed by atoms with E-state index in [1.165, 1.54) is 5.56 Å². The molecule has 0 amide bonds. The van der Waals surface area contributed by atoms with Crippen LogP contribution in [0.5, 0.6) is 0 Å². The van der Waals surface area contributed by atoms with Crippen molar-refractivity contribution in [2.75, 3.05) is 13.6 Å². The molecule has 0 aromatic heterocycles. The van der Waals surface area contributed by atoms with E-state index in [0.29, 0.717) is 6.54 Å². The summed E-state index contributed by atoms with van der Waals surface area (Å²) in [4.78, 5) is 0. The monoisotopic (exact) mass is 226 g/mol. The van der Waals surface area contributed by atoms with Gasteiger partial charge in [0.1, 0.15) is 0 Å². The first-order valence-electron chi connectivity index (χ1n) is 5.10. The topological polar surface area (TPSA) is 44.3 Å². The molecule has 4 heteroatoms. The Labute approximate surface area is 93.5 Å². The minimum atomic E-state index is -0.382. The molecular weight excluding hydrogens is 207 g/mol. The molecule has 3 atom stereocenters. The molecule has 3 nitrogen and oxygen atoms in total. The average molecular weight is 226 g/mol. The van der Waals surface area contributed by atoms with Crippen LogP contribution in [0.4, 0.5) is 0 Å². The lowest BCUT2D eigenvalue weighted by atomic mass is 10.0. The predicted octanol–water partition coefficient (Wildman–Crippen LogP) is 0.558. The molecule has 3 N–H and O–H groups in total. The van der Waals surface area contributed by atoms with E-state index in [1.54, 1.807) is 0 Å². The minimum Gasteiger partial charge on any atom is -0.390 e. The zero-order chi connectivity index (χ0) is 11.1. The van der Waals surface area contributed by atoms with Crippen LogP contribution in [0.15, 0.2) is 30.3 Å². The normalized spacial score (nSPS) is 14.9. The van der Waals surface area contributed by atoms with E-state index in [1.807, 2.05) is 25.2 Å². The summed E-state index contributed by atoms with van der Waals surface area (Å²) in [6.45, 7) is 0.596. The Morgan fingerprint density at radius 2 is 2.00 bits per heavy atom. The van der Waals surface area contributed by atoms with Crippen molar-refractivity contribution < 1.29 is 5.11 Å². The summed E-state index contributed by atoms with van der Waals surface area (Å²) in [6, 6.07) is 10.2. The number of benzene rings is 1. The SMILES string of the molecule is CNC[C@@H](O)C(Cc1ccccc1)NP. The van der Waals surface area contributed by atoms with E-state index >= 15 is 0 Å². The van der Waals surface area contributed by atoms with Crippen molar-refractivity contribution in [1.82, 2.24) is 10.4 Å². The third-order valence-electron chi connectivity index (χ3n) is 2.39. The molecule has 1 rings (SSSR count). The first-order valence-corrected chi connectivity index (χ1v) is 5.68. The first-order chi connectivity index (χ1) is 7.27. The molecule has 2 unspecified atom stereocenters. The van der Waals surface area contributed by atoms with E-state index in [2.05, 4.69) is 31.9 Å². The van der Waals surface area contributed by atoms with Gasteiger partial charge in [-0.2, -0.15) is 0 Å². The van der Waals surface area contributed by atoms with Gasteiger partial charge in [-0.3, -0.25) is 5.09 Å². The summed E-state index contributed by atoms with van der Waals surface area (Å²) in [5, 5.41) is 15.9. The maximum Gasteiger partial charge on any atom is 0.0823 e. The van der Waals surface area contributed by atoms with Crippen molar-refractivity contribution >= 4 is 9.39 Å². The second-order valence-corrected chi connectivity index (χ2v) is 3.92. The standard InChI is InChI=1S/C11H19N2OP/c1-12-8-11(14)10(13-15)7-9-5-3-2-4-6-9/h2-6,10-14H,7-8,15H2,1H3/t10?,11-/m1/s1. The Hall–Kier alpha value is -0.470. The number of rotatable bonds is 6. The largest absolute Gasteiger partial charge is 0.390 e. The summed E-state index contributed by atoms with van der Waals surface area (Å²) >= 11 is 0. The van der Waals surface area contributed by atoms with Crippen LogP contribution in [0.3, 0.4) is 0 Å². The van der Waals surface area contributed by atoms with Crippen LogP contribution in [0.25, 0.3) is 0 Å². The summed E-state index contributed by atoms with van der Waals surface area (Å²) in [7, 11) is 4.31. The lowest BCUT2D eigenvalue weighted by Crippen LogP contribution is -2.42. The maximum absolute atomic E-state index is 9.83. The number of nitrogens with one attached hydrogen (secondary N) is 2. The lowest BCUT2D eigenvalue weighted by molar-refractivity contribution is 0.138.